The Kier molecular flexibility index (Phi) is 2.95. The minimum atomic E-state index is 0.397. The van der Waals surface area contributed by atoms with E-state index in [0.29, 0.717) is 16.6 Å². The molecule has 1 unspecified atom stereocenters. The summed E-state index contributed by atoms with van der Waals surface area (Å²) in [5.41, 5.74) is 3.06. The smallest absolute Gasteiger partial charge is 0.141 e. The summed E-state index contributed by atoms with van der Waals surface area (Å²) in [7, 11) is 0. The lowest BCUT2D eigenvalue weighted by Crippen LogP contribution is -2.19. The van der Waals surface area contributed by atoms with Crippen LogP contribution >= 0.6 is 11.6 Å². The van der Waals surface area contributed by atoms with Crippen molar-refractivity contribution in [3.05, 3.63) is 29.2 Å². The Bertz CT molecular complexity index is 924. The first kappa shape index (κ1) is 13.4. The highest BCUT2D eigenvalue weighted by Crippen LogP contribution is 2.39. The number of hydrogen-bond donors (Lipinski definition) is 1. The number of anilines is 1. The fourth-order valence-electron chi connectivity index (χ4n) is 3.23. The van der Waals surface area contributed by atoms with Crippen molar-refractivity contribution in [2.24, 2.45) is 5.92 Å². The lowest BCUT2D eigenvalue weighted by molar-refractivity contribution is 0.659. The Hall–Kier alpha value is -2.32. The number of H-pyrrole nitrogens is 1. The van der Waals surface area contributed by atoms with Crippen LogP contribution in [0.1, 0.15) is 19.0 Å². The molecule has 5 nitrogen and oxygen atoms in total. The highest BCUT2D eigenvalue weighted by molar-refractivity contribution is 6.35. The number of aromatic amines is 1. The van der Waals surface area contributed by atoms with Crippen LogP contribution in [0.5, 0.6) is 0 Å². The molecule has 3 aromatic rings. The molecular weight excluding hydrogens is 298 g/mol. The number of hydrogen-bond acceptors (Lipinski definition) is 4. The van der Waals surface area contributed by atoms with Gasteiger partial charge in [0.15, 0.2) is 0 Å². The van der Waals surface area contributed by atoms with Crippen LogP contribution in [0.3, 0.4) is 0 Å². The van der Waals surface area contributed by atoms with Crippen molar-refractivity contribution in [1.29, 1.82) is 5.26 Å². The van der Waals surface area contributed by atoms with Crippen molar-refractivity contribution in [1.82, 2.24) is 15.0 Å². The topological polar surface area (TPSA) is 68.6 Å². The number of nitrogens with one attached hydrogen (secondary N) is 1. The number of pyridine rings is 2. The molecule has 4 rings (SSSR count). The van der Waals surface area contributed by atoms with E-state index in [9.17, 15) is 0 Å². The maximum Gasteiger partial charge on any atom is 0.141 e. The van der Waals surface area contributed by atoms with Gasteiger partial charge in [-0.15, -0.1) is 0 Å². The third-order valence-corrected chi connectivity index (χ3v) is 4.56. The van der Waals surface area contributed by atoms with E-state index in [-0.39, 0.29) is 0 Å². The number of nitriles is 1. The molecule has 1 atom stereocenters. The molecule has 0 bridgehead atoms. The minimum Gasteiger partial charge on any atom is -0.369 e. The molecule has 0 radical (unpaired) electrons. The fraction of sp³-hybridized carbons (Fsp3) is 0.312. The molecule has 0 aliphatic carbocycles. The molecule has 22 heavy (non-hydrogen) atoms. The quantitative estimate of drug-likeness (QED) is 0.747. The molecule has 110 valence electrons. The third-order valence-electron chi connectivity index (χ3n) is 4.29. The number of aromatic nitrogens is 3. The molecule has 1 saturated heterocycles. The largest absolute Gasteiger partial charge is 0.369 e. The Balaban J connectivity index is 2.05. The number of halogens is 1. The van der Waals surface area contributed by atoms with Crippen LogP contribution in [0.25, 0.3) is 21.9 Å². The van der Waals surface area contributed by atoms with Crippen molar-refractivity contribution in [2.45, 2.75) is 13.3 Å². The van der Waals surface area contributed by atoms with E-state index < -0.39 is 0 Å². The SMILES string of the molecule is CC1CCN(c2c(Cl)cnc3[nH]c4cnc(C#N)cc4c23)C1. The van der Waals surface area contributed by atoms with Crippen LogP contribution in [0.15, 0.2) is 18.5 Å². The van der Waals surface area contributed by atoms with Crippen molar-refractivity contribution in [3.8, 4) is 6.07 Å². The highest BCUT2D eigenvalue weighted by Gasteiger charge is 2.24. The average Bonchev–Trinajstić information content (AvgIpc) is 3.10. The maximum atomic E-state index is 9.10. The zero-order valence-corrected chi connectivity index (χ0v) is 12.9. The number of rotatable bonds is 1. The first-order valence-corrected chi connectivity index (χ1v) is 7.66. The summed E-state index contributed by atoms with van der Waals surface area (Å²) < 4.78 is 0. The Morgan fingerprint density at radius 2 is 2.27 bits per heavy atom. The molecule has 1 aliphatic rings. The number of fused-ring (bicyclic) bond motifs is 3. The summed E-state index contributed by atoms with van der Waals surface area (Å²) in [6.45, 7) is 4.23. The van der Waals surface area contributed by atoms with Gasteiger partial charge in [-0.1, -0.05) is 18.5 Å². The Labute approximate surface area is 132 Å². The van der Waals surface area contributed by atoms with Crippen molar-refractivity contribution in [2.75, 3.05) is 18.0 Å². The third kappa shape index (κ3) is 1.92. The maximum absolute atomic E-state index is 9.10. The van der Waals surface area contributed by atoms with Crippen LogP contribution in [0.2, 0.25) is 5.02 Å². The lowest BCUT2D eigenvalue weighted by atomic mass is 10.1. The van der Waals surface area contributed by atoms with Gasteiger partial charge >= 0.3 is 0 Å². The van der Waals surface area contributed by atoms with Crippen molar-refractivity contribution in [3.63, 3.8) is 0 Å². The van der Waals surface area contributed by atoms with Gasteiger partial charge in [0.05, 0.1) is 34.0 Å². The molecule has 4 heterocycles. The monoisotopic (exact) mass is 311 g/mol. The van der Waals surface area contributed by atoms with Crippen LogP contribution in [-0.2, 0) is 0 Å². The molecule has 0 aromatic carbocycles. The van der Waals surface area contributed by atoms with Gasteiger partial charge in [0, 0.05) is 18.5 Å². The van der Waals surface area contributed by atoms with E-state index in [1.807, 2.05) is 0 Å². The molecule has 1 N–H and O–H groups in total. The van der Waals surface area contributed by atoms with Crippen LogP contribution in [-0.4, -0.2) is 28.0 Å². The molecule has 3 aromatic heterocycles. The molecule has 1 aliphatic heterocycles. The molecular formula is C16H14ClN5. The first-order chi connectivity index (χ1) is 10.7. The molecule has 0 saturated carbocycles. The second-order valence-corrected chi connectivity index (χ2v) is 6.28. The summed E-state index contributed by atoms with van der Waals surface area (Å²) in [5.74, 6) is 0.654. The lowest BCUT2D eigenvalue weighted by Gasteiger charge is -2.20. The Morgan fingerprint density at radius 1 is 1.41 bits per heavy atom. The predicted octanol–water partition coefficient (Wildman–Crippen LogP) is 3.48. The summed E-state index contributed by atoms with van der Waals surface area (Å²) in [5, 5.41) is 11.7. The van der Waals surface area contributed by atoms with Crippen molar-refractivity contribution < 1.29 is 0 Å². The van der Waals surface area contributed by atoms with E-state index in [4.69, 9.17) is 16.9 Å². The van der Waals surface area contributed by atoms with Gasteiger partial charge in [-0.3, -0.25) is 0 Å². The summed E-state index contributed by atoms with van der Waals surface area (Å²) >= 11 is 6.46. The first-order valence-electron chi connectivity index (χ1n) is 7.28. The summed E-state index contributed by atoms with van der Waals surface area (Å²) in [4.78, 5) is 14.1. The Morgan fingerprint density at radius 3 is 3.00 bits per heavy atom. The van der Waals surface area contributed by atoms with Gasteiger partial charge in [-0.2, -0.15) is 5.26 Å². The zero-order chi connectivity index (χ0) is 15.3. The molecule has 0 spiro atoms. The normalized spacial score (nSPS) is 18.2. The predicted molar refractivity (Wildman–Crippen MR) is 87.1 cm³/mol. The van der Waals surface area contributed by atoms with E-state index in [0.717, 1.165) is 47.1 Å². The average molecular weight is 312 g/mol. The van der Waals surface area contributed by atoms with Gasteiger partial charge in [-0.25, -0.2) is 9.97 Å². The van der Waals surface area contributed by atoms with Gasteiger partial charge in [0.25, 0.3) is 0 Å². The van der Waals surface area contributed by atoms with Crippen LogP contribution in [0.4, 0.5) is 5.69 Å². The summed E-state index contributed by atoms with van der Waals surface area (Å²) in [6.07, 6.45) is 4.53. The van der Waals surface area contributed by atoms with Gasteiger partial charge in [-0.05, 0) is 18.4 Å². The van der Waals surface area contributed by atoms with Gasteiger partial charge in [0.1, 0.15) is 17.4 Å². The van der Waals surface area contributed by atoms with E-state index in [2.05, 4.69) is 32.8 Å². The fourth-order valence-corrected chi connectivity index (χ4v) is 3.49. The molecule has 1 fully saturated rings. The van der Waals surface area contributed by atoms with Gasteiger partial charge in [0.2, 0.25) is 0 Å². The number of nitrogens with zero attached hydrogens (tertiary/aromatic N) is 4. The van der Waals surface area contributed by atoms with Crippen LogP contribution < -0.4 is 4.90 Å². The minimum absolute atomic E-state index is 0.397. The van der Waals surface area contributed by atoms with Crippen molar-refractivity contribution >= 4 is 39.2 Å². The van der Waals surface area contributed by atoms with E-state index >= 15 is 0 Å². The van der Waals surface area contributed by atoms with E-state index in [1.165, 1.54) is 0 Å². The summed E-state index contributed by atoms with van der Waals surface area (Å²) in [6, 6.07) is 3.89. The second-order valence-electron chi connectivity index (χ2n) is 5.87. The molecule has 6 heteroatoms. The standard InChI is InChI=1S/C16H14ClN5/c1-9-2-3-22(8-9)15-12(17)6-20-16-14(15)11-4-10(5-18)19-7-13(11)21-16/h4,6-7,9H,2-3,8H2,1H3,(H,20,21). The van der Waals surface area contributed by atoms with E-state index in [1.54, 1.807) is 18.5 Å². The van der Waals surface area contributed by atoms with Gasteiger partial charge < -0.3 is 9.88 Å². The highest BCUT2D eigenvalue weighted by atomic mass is 35.5. The van der Waals surface area contributed by atoms with Crippen LogP contribution in [0, 0.1) is 17.2 Å². The molecule has 0 amide bonds. The second kappa shape index (κ2) is 4.85. The zero-order valence-electron chi connectivity index (χ0n) is 12.1.